The molecule has 1 unspecified atom stereocenters. The summed E-state index contributed by atoms with van der Waals surface area (Å²) in [5.74, 6) is 0.926. The highest BCUT2D eigenvalue weighted by Crippen LogP contribution is 2.42. The molecule has 2 aromatic rings. The van der Waals surface area contributed by atoms with Gasteiger partial charge in [0.2, 0.25) is 0 Å². The van der Waals surface area contributed by atoms with Gasteiger partial charge in [0, 0.05) is 22.9 Å². The molecule has 1 atom stereocenters. The Balaban J connectivity index is 1.89. The second-order valence-electron chi connectivity index (χ2n) is 6.56. The molecule has 0 saturated heterocycles. The normalized spacial score (nSPS) is 20.1. The Morgan fingerprint density at radius 2 is 2.14 bits per heavy atom. The standard InChI is InChI=1S/C17H22N2OS/c1-17(2)9-12(18)16-13(10-17)19-15(21-16)8-11-6-4-5-7-14(11)20-3/h4-7,12H,8-10,18H2,1-3H3. The van der Waals surface area contributed by atoms with E-state index in [0.29, 0.717) is 0 Å². The number of hydrogen-bond acceptors (Lipinski definition) is 4. The molecule has 1 aromatic heterocycles. The van der Waals surface area contributed by atoms with E-state index in [1.54, 1.807) is 18.4 Å². The molecule has 112 valence electrons. The van der Waals surface area contributed by atoms with E-state index >= 15 is 0 Å². The lowest BCUT2D eigenvalue weighted by atomic mass is 9.77. The van der Waals surface area contributed by atoms with Gasteiger partial charge in [0.15, 0.2) is 0 Å². The van der Waals surface area contributed by atoms with Gasteiger partial charge in [-0.15, -0.1) is 11.3 Å². The molecule has 0 aliphatic heterocycles. The van der Waals surface area contributed by atoms with Crippen LogP contribution in [0, 0.1) is 5.41 Å². The molecule has 3 nitrogen and oxygen atoms in total. The average molecular weight is 302 g/mol. The van der Waals surface area contributed by atoms with Crippen LogP contribution in [0.1, 0.15) is 47.5 Å². The molecule has 1 aliphatic rings. The monoisotopic (exact) mass is 302 g/mol. The molecule has 3 rings (SSSR count). The molecule has 0 bridgehead atoms. The van der Waals surface area contributed by atoms with E-state index in [0.717, 1.165) is 30.0 Å². The van der Waals surface area contributed by atoms with Crippen LogP contribution in [0.5, 0.6) is 5.75 Å². The van der Waals surface area contributed by atoms with Crippen LogP contribution < -0.4 is 10.5 Å². The molecule has 21 heavy (non-hydrogen) atoms. The predicted octanol–water partition coefficient (Wildman–Crippen LogP) is 3.71. The predicted molar refractivity (Wildman–Crippen MR) is 86.9 cm³/mol. The van der Waals surface area contributed by atoms with Crippen molar-refractivity contribution in [2.45, 2.75) is 39.2 Å². The fraction of sp³-hybridized carbons (Fsp3) is 0.471. The maximum Gasteiger partial charge on any atom is 0.122 e. The largest absolute Gasteiger partial charge is 0.496 e. The number of hydrogen-bond donors (Lipinski definition) is 1. The zero-order chi connectivity index (χ0) is 15.0. The summed E-state index contributed by atoms with van der Waals surface area (Å²) >= 11 is 1.77. The second-order valence-corrected chi connectivity index (χ2v) is 7.67. The number of aromatic nitrogens is 1. The van der Waals surface area contributed by atoms with E-state index in [1.165, 1.54) is 16.1 Å². The molecule has 2 N–H and O–H groups in total. The summed E-state index contributed by atoms with van der Waals surface area (Å²) in [4.78, 5) is 6.13. The van der Waals surface area contributed by atoms with Crippen LogP contribution in [0.25, 0.3) is 0 Å². The minimum absolute atomic E-state index is 0.132. The molecule has 1 heterocycles. The maximum atomic E-state index is 6.33. The Morgan fingerprint density at radius 3 is 2.90 bits per heavy atom. The first-order chi connectivity index (χ1) is 9.98. The van der Waals surface area contributed by atoms with Gasteiger partial charge in [-0.1, -0.05) is 32.0 Å². The van der Waals surface area contributed by atoms with Crippen molar-refractivity contribution in [1.82, 2.24) is 4.98 Å². The van der Waals surface area contributed by atoms with Crippen LogP contribution in [0.15, 0.2) is 24.3 Å². The van der Waals surface area contributed by atoms with Gasteiger partial charge in [-0.2, -0.15) is 0 Å². The van der Waals surface area contributed by atoms with Crippen molar-refractivity contribution in [1.29, 1.82) is 0 Å². The van der Waals surface area contributed by atoms with Crippen LogP contribution in [0.2, 0.25) is 0 Å². The molecule has 0 spiro atoms. The summed E-state index contributed by atoms with van der Waals surface area (Å²) < 4.78 is 5.43. The first kappa shape index (κ1) is 14.5. The van der Waals surface area contributed by atoms with Gasteiger partial charge in [-0.05, 0) is 24.3 Å². The summed E-state index contributed by atoms with van der Waals surface area (Å²) in [6.07, 6.45) is 2.88. The highest BCUT2D eigenvalue weighted by Gasteiger charge is 2.33. The van der Waals surface area contributed by atoms with E-state index in [-0.39, 0.29) is 11.5 Å². The van der Waals surface area contributed by atoms with Crippen LogP contribution in [-0.4, -0.2) is 12.1 Å². The van der Waals surface area contributed by atoms with Gasteiger partial charge in [0.25, 0.3) is 0 Å². The van der Waals surface area contributed by atoms with Crippen molar-refractivity contribution >= 4 is 11.3 Å². The zero-order valence-electron chi connectivity index (χ0n) is 12.8. The number of thiazole rings is 1. The van der Waals surface area contributed by atoms with Crippen molar-refractivity contribution in [2.75, 3.05) is 7.11 Å². The third kappa shape index (κ3) is 2.97. The highest BCUT2D eigenvalue weighted by molar-refractivity contribution is 7.11. The molecule has 1 aromatic carbocycles. The summed E-state index contributed by atoms with van der Waals surface area (Å²) in [6.45, 7) is 4.55. The number of fused-ring (bicyclic) bond motifs is 1. The molecule has 0 radical (unpaired) electrons. The molecule has 0 amide bonds. The molecular weight excluding hydrogens is 280 g/mol. The summed E-state index contributed by atoms with van der Waals surface area (Å²) in [6, 6.07) is 8.27. The van der Waals surface area contributed by atoms with Crippen molar-refractivity contribution in [2.24, 2.45) is 11.1 Å². The smallest absolute Gasteiger partial charge is 0.122 e. The van der Waals surface area contributed by atoms with E-state index in [4.69, 9.17) is 15.5 Å². The topological polar surface area (TPSA) is 48.1 Å². The lowest BCUT2D eigenvalue weighted by Crippen LogP contribution is -2.28. The Hall–Kier alpha value is -1.39. The number of rotatable bonds is 3. The van der Waals surface area contributed by atoms with Gasteiger partial charge in [0.05, 0.1) is 17.8 Å². The van der Waals surface area contributed by atoms with Crippen molar-refractivity contribution in [3.63, 3.8) is 0 Å². The van der Waals surface area contributed by atoms with Crippen molar-refractivity contribution in [3.05, 3.63) is 45.4 Å². The first-order valence-corrected chi connectivity index (χ1v) is 8.16. The molecule has 0 saturated carbocycles. The quantitative estimate of drug-likeness (QED) is 0.940. The SMILES string of the molecule is COc1ccccc1Cc1nc2c(s1)C(N)CC(C)(C)C2. The van der Waals surface area contributed by atoms with E-state index in [2.05, 4.69) is 19.9 Å². The average Bonchev–Trinajstić information content (AvgIpc) is 2.80. The molecular formula is C17H22N2OS. The van der Waals surface area contributed by atoms with Gasteiger partial charge < -0.3 is 10.5 Å². The Morgan fingerprint density at radius 1 is 1.38 bits per heavy atom. The number of benzene rings is 1. The fourth-order valence-corrected chi connectivity index (χ4v) is 4.24. The van der Waals surface area contributed by atoms with Gasteiger partial charge in [-0.25, -0.2) is 4.98 Å². The lowest BCUT2D eigenvalue weighted by molar-refractivity contribution is 0.282. The van der Waals surface area contributed by atoms with Gasteiger partial charge in [-0.3, -0.25) is 0 Å². The van der Waals surface area contributed by atoms with Crippen LogP contribution in [-0.2, 0) is 12.8 Å². The van der Waals surface area contributed by atoms with Crippen molar-refractivity contribution in [3.8, 4) is 5.75 Å². The zero-order valence-corrected chi connectivity index (χ0v) is 13.7. The van der Waals surface area contributed by atoms with Crippen LogP contribution in [0.4, 0.5) is 0 Å². The van der Waals surface area contributed by atoms with Gasteiger partial charge in [0.1, 0.15) is 5.75 Å². The van der Waals surface area contributed by atoms with Crippen LogP contribution >= 0.6 is 11.3 Å². The minimum atomic E-state index is 0.132. The maximum absolute atomic E-state index is 6.33. The molecule has 0 fully saturated rings. The fourth-order valence-electron chi connectivity index (χ4n) is 3.13. The summed E-state index contributed by atoms with van der Waals surface area (Å²) in [5, 5.41) is 1.14. The van der Waals surface area contributed by atoms with E-state index in [9.17, 15) is 0 Å². The second kappa shape index (κ2) is 5.43. The Bertz CT molecular complexity index is 648. The third-order valence-corrected chi connectivity index (χ3v) is 5.29. The summed E-state index contributed by atoms with van der Waals surface area (Å²) in [7, 11) is 1.71. The first-order valence-electron chi connectivity index (χ1n) is 7.34. The van der Waals surface area contributed by atoms with E-state index < -0.39 is 0 Å². The summed E-state index contributed by atoms with van der Waals surface area (Å²) in [5.41, 5.74) is 8.96. The Labute approximate surface area is 130 Å². The number of methoxy groups -OCH3 is 1. The van der Waals surface area contributed by atoms with Crippen LogP contribution in [0.3, 0.4) is 0 Å². The highest BCUT2D eigenvalue weighted by atomic mass is 32.1. The van der Waals surface area contributed by atoms with Gasteiger partial charge >= 0.3 is 0 Å². The number of ether oxygens (including phenoxy) is 1. The number of nitrogens with zero attached hydrogens (tertiary/aromatic N) is 1. The molecule has 4 heteroatoms. The lowest BCUT2D eigenvalue weighted by Gasteiger charge is -2.32. The number of para-hydroxylation sites is 1. The third-order valence-electron chi connectivity index (χ3n) is 4.06. The minimum Gasteiger partial charge on any atom is -0.496 e. The number of nitrogens with two attached hydrogens (primary N) is 1. The van der Waals surface area contributed by atoms with E-state index in [1.807, 2.05) is 18.2 Å². The van der Waals surface area contributed by atoms with Crippen molar-refractivity contribution < 1.29 is 4.74 Å². The molecule has 1 aliphatic carbocycles. The Kier molecular flexibility index (Phi) is 3.76.